The molecule has 4 aliphatic carbocycles. The standard InChI is InChI=1S/C19H32N6/c1-3-17-24-23-13-25(17)5-4-21-18(20-2)22-12-19-9-14-6-15(10-19)8-16(7-14)11-19/h13-16H,3-12H2,1-2H3,(H2,20,21,22). The molecule has 6 heteroatoms. The Balaban J connectivity index is 1.27. The van der Waals surface area contributed by atoms with Crippen LogP contribution in [0.5, 0.6) is 0 Å². The summed E-state index contributed by atoms with van der Waals surface area (Å²) in [6.07, 6.45) is 11.5. The summed E-state index contributed by atoms with van der Waals surface area (Å²) in [7, 11) is 1.87. The highest BCUT2D eigenvalue weighted by molar-refractivity contribution is 5.79. The second kappa shape index (κ2) is 6.96. The minimum Gasteiger partial charge on any atom is -0.356 e. The molecule has 0 saturated heterocycles. The van der Waals surface area contributed by atoms with Crippen LogP contribution in [0.15, 0.2) is 11.3 Å². The molecule has 2 N–H and O–H groups in total. The molecule has 4 fully saturated rings. The van der Waals surface area contributed by atoms with E-state index in [1.165, 1.54) is 38.5 Å². The van der Waals surface area contributed by atoms with Crippen LogP contribution in [-0.4, -0.2) is 40.9 Å². The third-order valence-corrected chi connectivity index (χ3v) is 6.68. The number of nitrogens with zero attached hydrogens (tertiary/aromatic N) is 4. The van der Waals surface area contributed by atoms with Gasteiger partial charge in [0.2, 0.25) is 0 Å². The first kappa shape index (κ1) is 16.9. The van der Waals surface area contributed by atoms with Crippen molar-refractivity contribution in [2.45, 2.75) is 58.4 Å². The van der Waals surface area contributed by atoms with Crippen molar-refractivity contribution in [2.24, 2.45) is 28.2 Å². The summed E-state index contributed by atoms with van der Waals surface area (Å²) < 4.78 is 2.11. The SMILES string of the molecule is CCc1nncn1CCNC(=NC)NCC12CC3CC(CC(C3)C1)C2. The molecule has 5 rings (SSSR count). The molecular weight excluding hydrogens is 312 g/mol. The first-order chi connectivity index (χ1) is 12.2. The molecule has 0 amide bonds. The van der Waals surface area contributed by atoms with Crippen molar-refractivity contribution in [3.05, 3.63) is 12.2 Å². The summed E-state index contributed by atoms with van der Waals surface area (Å²) >= 11 is 0. The van der Waals surface area contributed by atoms with Crippen molar-refractivity contribution >= 4 is 5.96 Å². The maximum atomic E-state index is 4.42. The van der Waals surface area contributed by atoms with E-state index in [-0.39, 0.29) is 0 Å². The van der Waals surface area contributed by atoms with Crippen LogP contribution in [0.4, 0.5) is 0 Å². The number of hydrogen-bond acceptors (Lipinski definition) is 3. The number of nitrogens with one attached hydrogen (secondary N) is 2. The lowest BCUT2D eigenvalue weighted by molar-refractivity contribution is -0.0492. The van der Waals surface area contributed by atoms with Gasteiger partial charge in [0, 0.05) is 33.1 Å². The normalized spacial score (nSPS) is 33.7. The number of hydrogen-bond donors (Lipinski definition) is 2. The number of rotatable bonds is 6. The fourth-order valence-corrected chi connectivity index (χ4v) is 6.03. The zero-order chi connectivity index (χ0) is 17.3. The van der Waals surface area contributed by atoms with E-state index < -0.39 is 0 Å². The van der Waals surface area contributed by atoms with Crippen LogP contribution in [0, 0.1) is 23.2 Å². The molecule has 0 aliphatic heterocycles. The molecule has 0 spiro atoms. The Morgan fingerprint density at radius 1 is 1.20 bits per heavy atom. The Kier molecular flexibility index (Phi) is 4.69. The first-order valence-corrected chi connectivity index (χ1v) is 10.0. The third kappa shape index (κ3) is 3.53. The fraction of sp³-hybridized carbons (Fsp3) is 0.842. The second-order valence-electron chi connectivity index (χ2n) is 8.56. The van der Waals surface area contributed by atoms with E-state index in [1.54, 1.807) is 0 Å². The molecule has 25 heavy (non-hydrogen) atoms. The number of aryl methyl sites for hydroxylation is 1. The topological polar surface area (TPSA) is 67.1 Å². The summed E-state index contributed by atoms with van der Waals surface area (Å²) in [6, 6.07) is 0. The minimum absolute atomic E-state index is 0.538. The van der Waals surface area contributed by atoms with Gasteiger partial charge in [0.25, 0.3) is 0 Å². The van der Waals surface area contributed by atoms with Gasteiger partial charge in [-0.25, -0.2) is 0 Å². The monoisotopic (exact) mass is 344 g/mol. The van der Waals surface area contributed by atoms with Crippen LogP contribution < -0.4 is 10.6 Å². The van der Waals surface area contributed by atoms with Gasteiger partial charge in [0.15, 0.2) is 5.96 Å². The average molecular weight is 345 g/mol. The lowest BCUT2D eigenvalue weighted by Gasteiger charge is -2.57. The molecule has 6 nitrogen and oxygen atoms in total. The van der Waals surface area contributed by atoms with Gasteiger partial charge < -0.3 is 15.2 Å². The van der Waals surface area contributed by atoms with Crippen molar-refractivity contribution in [3.8, 4) is 0 Å². The van der Waals surface area contributed by atoms with Gasteiger partial charge in [-0.3, -0.25) is 4.99 Å². The molecular formula is C19H32N6. The lowest BCUT2D eigenvalue weighted by Crippen LogP contribution is -2.52. The summed E-state index contributed by atoms with van der Waals surface area (Å²) in [4.78, 5) is 4.42. The van der Waals surface area contributed by atoms with Gasteiger partial charge in [-0.15, -0.1) is 10.2 Å². The summed E-state index contributed by atoms with van der Waals surface area (Å²) in [6.45, 7) is 4.91. The molecule has 0 aromatic carbocycles. The summed E-state index contributed by atoms with van der Waals surface area (Å²) in [5, 5.41) is 15.2. The van der Waals surface area contributed by atoms with Crippen LogP contribution >= 0.6 is 0 Å². The highest BCUT2D eigenvalue weighted by atomic mass is 15.3. The minimum atomic E-state index is 0.538. The van der Waals surface area contributed by atoms with Crippen molar-refractivity contribution in [3.63, 3.8) is 0 Å². The van der Waals surface area contributed by atoms with Crippen LogP contribution in [0.1, 0.15) is 51.3 Å². The molecule has 138 valence electrons. The number of aromatic nitrogens is 3. The third-order valence-electron chi connectivity index (χ3n) is 6.68. The Morgan fingerprint density at radius 3 is 2.48 bits per heavy atom. The Morgan fingerprint density at radius 2 is 1.88 bits per heavy atom. The van der Waals surface area contributed by atoms with E-state index in [0.717, 1.165) is 55.6 Å². The van der Waals surface area contributed by atoms with Gasteiger partial charge in [-0.05, 0) is 61.7 Å². The van der Waals surface area contributed by atoms with Crippen molar-refractivity contribution in [1.82, 2.24) is 25.4 Å². The summed E-state index contributed by atoms with van der Waals surface area (Å²) in [5.74, 6) is 4.98. The van der Waals surface area contributed by atoms with E-state index in [9.17, 15) is 0 Å². The molecule has 0 unspecified atom stereocenters. The van der Waals surface area contributed by atoms with Crippen LogP contribution in [0.2, 0.25) is 0 Å². The molecule has 1 aromatic heterocycles. The Labute approximate surface area is 150 Å². The first-order valence-electron chi connectivity index (χ1n) is 10.0. The molecule has 4 aliphatic rings. The van der Waals surface area contributed by atoms with Crippen molar-refractivity contribution in [2.75, 3.05) is 20.1 Å². The van der Waals surface area contributed by atoms with Crippen LogP contribution in [-0.2, 0) is 13.0 Å². The highest BCUT2D eigenvalue weighted by Crippen LogP contribution is 2.59. The molecule has 1 heterocycles. The van der Waals surface area contributed by atoms with E-state index >= 15 is 0 Å². The van der Waals surface area contributed by atoms with E-state index in [2.05, 4.69) is 37.3 Å². The van der Waals surface area contributed by atoms with E-state index in [4.69, 9.17) is 0 Å². The predicted molar refractivity (Wildman–Crippen MR) is 99.4 cm³/mol. The van der Waals surface area contributed by atoms with Gasteiger partial charge in [0.1, 0.15) is 12.2 Å². The molecule has 1 aromatic rings. The maximum absolute atomic E-state index is 4.42. The average Bonchev–Trinajstić information content (AvgIpc) is 3.04. The molecule has 4 bridgehead atoms. The lowest BCUT2D eigenvalue weighted by atomic mass is 9.49. The smallest absolute Gasteiger partial charge is 0.191 e. The zero-order valence-corrected chi connectivity index (χ0v) is 15.7. The van der Waals surface area contributed by atoms with Crippen molar-refractivity contribution in [1.29, 1.82) is 0 Å². The number of aliphatic imine (C=N–C) groups is 1. The molecule has 0 atom stereocenters. The van der Waals surface area contributed by atoms with Gasteiger partial charge in [-0.2, -0.15) is 0 Å². The fourth-order valence-electron chi connectivity index (χ4n) is 6.03. The van der Waals surface area contributed by atoms with Gasteiger partial charge in [0.05, 0.1) is 0 Å². The summed E-state index contributed by atoms with van der Waals surface area (Å²) in [5.41, 5.74) is 0.538. The Hall–Kier alpha value is -1.59. The van der Waals surface area contributed by atoms with E-state index in [1.807, 2.05) is 13.4 Å². The highest BCUT2D eigenvalue weighted by Gasteiger charge is 2.50. The van der Waals surface area contributed by atoms with Crippen LogP contribution in [0.25, 0.3) is 0 Å². The van der Waals surface area contributed by atoms with Crippen molar-refractivity contribution < 1.29 is 0 Å². The maximum Gasteiger partial charge on any atom is 0.191 e. The van der Waals surface area contributed by atoms with Crippen LogP contribution in [0.3, 0.4) is 0 Å². The quantitative estimate of drug-likeness (QED) is 0.613. The largest absolute Gasteiger partial charge is 0.356 e. The Bertz CT molecular complexity index is 584. The number of guanidine groups is 1. The predicted octanol–water partition coefficient (Wildman–Crippen LogP) is 2.22. The second-order valence-corrected chi connectivity index (χ2v) is 8.56. The molecule has 4 saturated carbocycles. The van der Waals surface area contributed by atoms with E-state index in [0.29, 0.717) is 5.41 Å². The van der Waals surface area contributed by atoms with Gasteiger partial charge >= 0.3 is 0 Å². The molecule has 0 radical (unpaired) electrons. The van der Waals surface area contributed by atoms with Gasteiger partial charge in [-0.1, -0.05) is 6.92 Å². The zero-order valence-electron chi connectivity index (χ0n) is 15.7.